The molecule has 0 radical (unpaired) electrons. The standard InChI is InChI=1S/C9H8BrFO3/c1-13-9(12)7-3-2-6(14-5-10)4-8(7)11/h2-4H,5H2,1H3. The number of rotatable bonds is 3. The molecule has 0 aliphatic rings. The number of alkyl halides is 1. The van der Waals surface area contributed by atoms with Crippen molar-refractivity contribution in [1.29, 1.82) is 0 Å². The molecule has 0 saturated heterocycles. The van der Waals surface area contributed by atoms with Crippen LogP contribution in [0.5, 0.6) is 5.75 Å². The topological polar surface area (TPSA) is 35.5 Å². The second-order valence-corrected chi connectivity index (χ2v) is 2.84. The van der Waals surface area contributed by atoms with Gasteiger partial charge in [0.25, 0.3) is 0 Å². The van der Waals surface area contributed by atoms with E-state index in [4.69, 9.17) is 4.74 Å². The zero-order chi connectivity index (χ0) is 10.6. The van der Waals surface area contributed by atoms with Gasteiger partial charge in [-0.15, -0.1) is 0 Å². The quantitative estimate of drug-likeness (QED) is 0.620. The van der Waals surface area contributed by atoms with E-state index < -0.39 is 11.8 Å². The minimum absolute atomic E-state index is 0.102. The first-order valence-corrected chi connectivity index (χ1v) is 4.88. The lowest BCUT2D eigenvalue weighted by Crippen LogP contribution is -2.04. The summed E-state index contributed by atoms with van der Waals surface area (Å²) in [5.41, 5.74) is 0.165. The van der Waals surface area contributed by atoms with Crippen LogP contribution in [0.1, 0.15) is 10.4 Å². The molecule has 3 nitrogen and oxygen atoms in total. The van der Waals surface area contributed by atoms with Gasteiger partial charge >= 0.3 is 5.97 Å². The van der Waals surface area contributed by atoms with Gasteiger partial charge < -0.3 is 9.47 Å². The van der Waals surface area contributed by atoms with E-state index in [1.54, 1.807) is 0 Å². The molecule has 5 heteroatoms. The number of carbonyl (C=O) groups excluding carboxylic acids is 1. The summed E-state index contributed by atoms with van der Waals surface area (Å²) in [7, 11) is 1.20. The van der Waals surface area contributed by atoms with Gasteiger partial charge in [0.1, 0.15) is 17.1 Å². The van der Waals surface area contributed by atoms with Gasteiger partial charge in [-0.2, -0.15) is 0 Å². The van der Waals surface area contributed by atoms with Crippen LogP contribution in [0.2, 0.25) is 0 Å². The summed E-state index contributed by atoms with van der Waals surface area (Å²) in [5.74, 6) is -1.00. The number of ether oxygens (including phenoxy) is 2. The third-order valence-electron chi connectivity index (χ3n) is 1.57. The molecule has 0 heterocycles. The lowest BCUT2D eigenvalue weighted by Gasteiger charge is -2.04. The zero-order valence-electron chi connectivity index (χ0n) is 7.42. The zero-order valence-corrected chi connectivity index (χ0v) is 9.01. The predicted octanol–water partition coefficient (Wildman–Crippen LogP) is 2.34. The van der Waals surface area contributed by atoms with E-state index in [0.29, 0.717) is 5.75 Å². The molecule has 0 unspecified atom stereocenters. The molecule has 14 heavy (non-hydrogen) atoms. The highest BCUT2D eigenvalue weighted by Gasteiger charge is 2.12. The first kappa shape index (κ1) is 11.0. The van der Waals surface area contributed by atoms with Crippen molar-refractivity contribution < 1.29 is 18.7 Å². The minimum Gasteiger partial charge on any atom is -0.482 e. The molecule has 1 aromatic carbocycles. The number of carbonyl (C=O) groups is 1. The van der Waals surface area contributed by atoms with E-state index in [-0.39, 0.29) is 11.1 Å². The molecule has 1 aromatic rings. The number of hydrogen-bond donors (Lipinski definition) is 0. The van der Waals surface area contributed by atoms with Gasteiger partial charge in [-0.1, -0.05) is 0 Å². The first-order chi connectivity index (χ1) is 6.69. The van der Waals surface area contributed by atoms with Gasteiger partial charge in [-0.25, -0.2) is 9.18 Å². The van der Waals surface area contributed by atoms with E-state index >= 15 is 0 Å². The fraction of sp³-hybridized carbons (Fsp3) is 0.222. The molecule has 0 N–H and O–H groups in total. The molecule has 0 aromatic heterocycles. The number of hydrogen-bond acceptors (Lipinski definition) is 3. The van der Waals surface area contributed by atoms with Crippen molar-refractivity contribution >= 4 is 21.9 Å². The van der Waals surface area contributed by atoms with Crippen LogP contribution in [-0.2, 0) is 4.74 Å². The second kappa shape index (κ2) is 4.95. The van der Waals surface area contributed by atoms with Gasteiger partial charge in [-0.05, 0) is 28.1 Å². The fourth-order valence-electron chi connectivity index (χ4n) is 0.924. The maximum absolute atomic E-state index is 13.2. The molecule has 0 spiro atoms. The Labute approximate surface area is 88.9 Å². The first-order valence-electron chi connectivity index (χ1n) is 3.75. The molecule has 1 rings (SSSR count). The molecule has 0 atom stereocenters. The van der Waals surface area contributed by atoms with Crippen LogP contribution in [0.15, 0.2) is 18.2 Å². The average molecular weight is 263 g/mol. The van der Waals surface area contributed by atoms with Crippen molar-refractivity contribution in [2.24, 2.45) is 0 Å². The van der Waals surface area contributed by atoms with Crippen molar-refractivity contribution in [3.8, 4) is 5.75 Å². The van der Waals surface area contributed by atoms with Gasteiger partial charge in [0.2, 0.25) is 0 Å². The summed E-state index contributed by atoms with van der Waals surface area (Å²) in [6, 6.07) is 3.95. The van der Waals surface area contributed by atoms with Crippen LogP contribution in [0.4, 0.5) is 4.39 Å². The highest BCUT2D eigenvalue weighted by Crippen LogP contribution is 2.17. The molecule has 0 saturated carbocycles. The Morgan fingerprint density at radius 2 is 2.29 bits per heavy atom. The normalized spacial score (nSPS) is 9.64. The molecular formula is C9H8BrFO3. The Morgan fingerprint density at radius 3 is 2.79 bits per heavy atom. The smallest absolute Gasteiger partial charge is 0.340 e. The fourth-order valence-corrected chi connectivity index (χ4v) is 1.19. The van der Waals surface area contributed by atoms with E-state index in [9.17, 15) is 9.18 Å². The highest BCUT2D eigenvalue weighted by atomic mass is 79.9. The number of benzene rings is 1. The monoisotopic (exact) mass is 262 g/mol. The van der Waals surface area contributed by atoms with E-state index in [1.807, 2.05) is 0 Å². The maximum Gasteiger partial charge on any atom is 0.340 e. The Kier molecular flexibility index (Phi) is 3.88. The van der Waals surface area contributed by atoms with Crippen LogP contribution in [0, 0.1) is 5.82 Å². The lowest BCUT2D eigenvalue weighted by atomic mass is 10.2. The molecule has 76 valence electrons. The van der Waals surface area contributed by atoms with Crippen molar-refractivity contribution in [1.82, 2.24) is 0 Å². The number of methoxy groups -OCH3 is 1. The summed E-state index contributed by atoms with van der Waals surface area (Å²) in [6.45, 7) is 0. The van der Waals surface area contributed by atoms with Gasteiger partial charge in [0.05, 0.1) is 12.7 Å². The van der Waals surface area contributed by atoms with Crippen molar-refractivity contribution in [2.75, 3.05) is 12.6 Å². The second-order valence-electron chi connectivity index (χ2n) is 2.39. The molecule has 0 amide bonds. The number of halogens is 2. The summed E-state index contributed by atoms with van der Waals surface area (Å²) < 4.78 is 22.6. The third-order valence-corrected chi connectivity index (χ3v) is 1.80. The molecule has 0 aliphatic heterocycles. The van der Waals surface area contributed by atoms with E-state index in [0.717, 1.165) is 6.07 Å². The Morgan fingerprint density at radius 1 is 1.57 bits per heavy atom. The summed E-state index contributed by atoms with van der Waals surface area (Å²) in [4.78, 5) is 11.0. The third kappa shape index (κ3) is 2.45. The Balaban J connectivity index is 2.95. The summed E-state index contributed by atoms with van der Waals surface area (Å²) in [6.07, 6.45) is 0. The van der Waals surface area contributed by atoms with Crippen molar-refractivity contribution in [3.63, 3.8) is 0 Å². The molecule has 0 fully saturated rings. The SMILES string of the molecule is COC(=O)c1ccc(OCBr)cc1F. The van der Waals surface area contributed by atoms with E-state index in [2.05, 4.69) is 20.7 Å². The van der Waals surface area contributed by atoms with Gasteiger partial charge in [0.15, 0.2) is 0 Å². The van der Waals surface area contributed by atoms with Gasteiger partial charge in [0, 0.05) is 6.07 Å². The average Bonchev–Trinajstić information content (AvgIpc) is 2.17. The van der Waals surface area contributed by atoms with Crippen LogP contribution < -0.4 is 4.74 Å². The predicted molar refractivity (Wildman–Crippen MR) is 52.2 cm³/mol. The van der Waals surface area contributed by atoms with Crippen molar-refractivity contribution in [2.45, 2.75) is 0 Å². The molecule has 0 aliphatic carbocycles. The summed E-state index contributed by atoms with van der Waals surface area (Å²) >= 11 is 3.04. The Hall–Kier alpha value is -1.10. The molecular weight excluding hydrogens is 255 g/mol. The summed E-state index contributed by atoms with van der Waals surface area (Å²) in [5, 5.41) is 0. The highest BCUT2D eigenvalue weighted by molar-refractivity contribution is 9.09. The van der Waals surface area contributed by atoms with Crippen molar-refractivity contribution in [3.05, 3.63) is 29.6 Å². The van der Waals surface area contributed by atoms with Crippen LogP contribution in [0.25, 0.3) is 0 Å². The Bertz CT molecular complexity index is 341. The maximum atomic E-state index is 13.2. The van der Waals surface area contributed by atoms with Crippen LogP contribution in [0.3, 0.4) is 0 Å². The lowest BCUT2D eigenvalue weighted by molar-refractivity contribution is 0.0595. The number of esters is 1. The van der Waals surface area contributed by atoms with E-state index in [1.165, 1.54) is 19.2 Å². The molecule has 0 bridgehead atoms. The van der Waals surface area contributed by atoms with Gasteiger partial charge in [-0.3, -0.25) is 0 Å². The minimum atomic E-state index is -0.701. The van der Waals surface area contributed by atoms with Crippen LogP contribution in [-0.4, -0.2) is 18.6 Å². The largest absolute Gasteiger partial charge is 0.482 e. The van der Waals surface area contributed by atoms with Crippen LogP contribution >= 0.6 is 15.9 Å².